The van der Waals surface area contributed by atoms with Crippen molar-refractivity contribution in [2.75, 3.05) is 19.7 Å². The van der Waals surface area contributed by atoms with Crippen LogP contribution in [0.1, 0.15) is 25.3 Å². The molecule has 1 atom stereocenters. The molecule has 0 spiro atoms. The number of rotatable bonds is 5. The average molecular weight is 343 g/mol. The first-order valence-corrected chi connectivity index (χ1v) is 8.86. The quantitative estimate of drug-likeness (QED) is 0.811. The SMILES string of the molecule is CCOC(=O)C1CCN(C(=O)[C@@H](N)Cc2c[nH]c3ccccc23)CC1. The number of benzene rings is 1. The summed E-state index contributed by atoms with van der Waals surface area (Å²) in [5.41, 5.74) is 8.28. The molecule has 0 unspecified atom stereocenters. The maximum Gasteiger partial charge on any atom is 0.309 e. The summed E-state index contributed by atoms with van der Waals surface area (Å²) in [6.45, 7) is 3.32. The van der Waals surface area contributed by atoms with Crippen LogP contribution in [0.2, 0.25) is 0 Å². The van der Waals surface area contributed by atoms with Crippen molar-refractivity contribution in [2.45, 2.75) is 32.2 Å². The molecule has 3 N–H and O–H groups in total. The summed E-state index contributed by atoms with van der Waals surface area (Å²) in [6, 6.07) is 7.42. The number of hydrogen-bond acceptors (Lipinski definition) is 4. The monoisotopic (exact) mass is 343 g/mol. The minimum atomic E-state index is -0.571. The third kappa shape index (κ3) is 3.85. The summed E-state index contributed by atoms with van der Waals surface area (Å²) in [7, 11) is 0. The molecular weight excluding hydrogens is 318 g/mol. The summed E-state index contributed by atoms with van der Waals surface area (Å²) in [5.74, 6) is -0.306. The number of nitrogens with one attached hydrogen (secondary N) is 1. The normalized spacial score (nSPS) is 16.8. The Morgan fingerprint density at radius 2 is 2.04 bits per heavy atom. The lowest BCUT2D eigenvalue weighted by Crippen LogP contribution is -2.48. The molecule has 1 aliphatic rings. The highest BCUT2D eigenvalue weighted by Crippen LogP contribution is 2.21. The van der Waals surface area contributed by atoms with Crippen LogP contribution in [0.25, 0.3) is 10.9 Å². The molecule has 25 heavy (non-hydrogen) atoms. The highest BCUT2D eigenvalue weighted by atomic mass is 16.5. The number of H-pyrrole nitrogens is 1. The van der Waals surface area contributed by atoms with Gasteiger partial charge >= 0.3 is 5.97 Å². The Hall–Kier alpha value is -2.34. The Labute approximate surface area is 147 Å². The van der Waals surface area contributed by atoms with Gasteiger partial charge in [0.15, 0.2) is 0 Å². The summed E-state index contributed by atoms with van der Waals surface area (Å²) < 4.78 is 5.06. The molecule has 6 heteroatoms. The Kier molecular flexibility index (Phi) is 5.38. The van der Waals surface area contributed by atoms with Gasteiger partial charge in [0.2, 0.25) is 5.91 Å². The number of amides is 1. The molecule has 1 aliphatic heterocycles. The van der Waals surface area contributed by atoms with Gasteiger partial charge < -0.3 is 20.4 Å². The smallest absolute Gasteiger partial charge is 0.309 e. The lowest BCUT2D eigenvalue weighted by atomic mass is 9.96. The third-order valence-electron chi connectivity index (χ3n) is 4.86. The van der Waals surface area contributed by atoms with Crippen molar-refractivity contribution in [3.05, 3.63) is 36.0 Å². The third-order valence-corrected chi connectivity index (χ3v) is 4.86. The predicted octanol–water partition coefficient (Wildman–Crippen LogP) is 1.84. The second kappa shape index (κ2) is 7.70. The highest BCUT2D eigenvalue weighted by molar-refractivity contribution is 5.86. The first-order valence-electron chi connectivity index (χ1n) is 8.86. The van der Waals surface area contributed by atoms with Gasteiger partial charge in [-0.25, -0.2) is 0 Å². The number of carbonyl (C=O) groups excluding carboxylic acids is 2. The van der Waals surface area contributed by atoms with Gasteiger partial charge in [0, 0.05) is 30.2 Å². The van der Waals surface area contributed by atoms with Gasteiger partial charge in [0.1, 0.15) is 0 Å². The van der Waals surface area contributed by atoms with Crippen molar-refractivity contribution in [1.82, 2.24) is 9.88 Å². The van der Waals surface area contributed by atoms with Crippen LogP contribution in [-0.2, 0) is 20.7 Å². The highest BCUT2D eigenvalue weighted by Gasteiger charge is 2.30. The molecule has 0 aliphatic carbocycles. The second-order valence-electron chi connectivity index (χ2n) is 6.52. The second-order valence-corrected chi connectivity index (χ2v) is 6.52. The zero-order valence-electron chi connectivity index (χ0n) is 14.5. The molecule has 0 saturated carbocycles. The van der Waals surface area contributed by atoms with Crippen LogP contribution in [-0.4, -0.2) is 47.5 Å². The van der Waals surface area contributed by atoms with Crippen LogP contribution >= 0.6 is 0 Å². The van der Waals surface area contributed by atoms with E-state index >= 15 is 0 Å². The number of hydrogen-bond donors (Lipinski definition) is 2. The van der Waals surface area contributed by atoms with E-state index in [0.717, 1.165) is 16.5 Å². The number of aromatic amines is 1. The van der Waals surface area contributed by atoms with Crippen molar-refractivity contribution in [1.29, 1.82) is 0 Å². The molecule has 134 valence electrons. The van der Waals surface area contributed by atoms with Crippen molar-refractivity contribution in [2.24, 2.45) is 11.7 Å². The fraction of sp³-hybridized carbons (Fsp3) is 0.474. The molecular formula is C19H25N3O3. The Morgan fingerprint density at radius 1 is 1.32 bits per heavy atom. The number of fused-ring (bicyclic) bond motifs is 1. The number of nitrogens with zero attached hydrogens (tertiary/aromatic N) is 1. The van der Waals surface area contributed by atoms with Gasteiger partial charge in [-0.1, -0.05) is 18.2 Å². The van der Waals surface area contributed by atoms with Crippen LogP contribution in [0.4, 0.5) is 0 Å². The number of nitrogens with two attached hydrogens (primary N) is 1. The standard InChI is InChI=1S/C19H25N3O3/c1-2-25-19(24)13-7-9-22(10-8-13)18(23)16(20)11-14-12-21-17-6-4-3-5-15(14)17/h3-6,12-13,16,21H,2,7-11,20H2,1H3/t16-/m0/s1. The fourth-order valence-corrected chi connectivity index (χ4v) is 3.45. The summed E-state index contributed by atoms with van der Waals surface area (Å²) in [4.78, 5) is 29.4. The molecule has 0 radical (unpaired) electrons. The van der Waals surface area contributed by atoms with Crippen LogP contribution in [0.3, 0.4) is 0 Å². The van der Waals surface area contributed by atoms with Crippen molar-refractivity contribution >= 4 is 22.8 Å². The van der Waals surface area contributed by atoms with Crippen LogP contribution in [0.15, 0.2) is 30.5 Å². The lowest BCUT2D eigenvalue weighted by molar-refractivity contribution is -0.151. The van der Waals surface area contributed by atoms with E-state index in [2.05, 4.69) is 4.98 Å². The van der Waals surface area contributed by atoms with E-state index in [1.54, 1.807) is 11.8 Å². The van der Waals surface area contributed by atoms with E-state index in [9.17, 15) is 9.59 Å². The molecule has 1 aromatic heterocycles. The minimum Gasteiger partial charge on any atom is -0.466 e. The fourth-order valence-electron chi connectivity index (χ4n) is 3.45. The Balaban J connectivity index is 1.57. The largest absolute Gasteiger partial charge is 0.466 e. The van der Waals surface area contributed by atoms with E-state index in [1.807, 2.05) is 30.5 Å². The molecule has 1 fully saturated rings. The Bertz CT molecular complexity index is 747. The van der Waals surface area contributed by atoms with E-state index < -0.39 is 6.04 Å². The summed E-state index contributed by atoms with van der Waals surface area (Å²) >= 11 is 0. The van der Waals surface area contributed by atoms with E-state index in [1.165, 1.54) is 0 Å². The van der Waals surface area contributed by atoms with Gasteiger partial charge in [-0.3, -0.25) is 9.59 Å². The zero-order valence-corrected chi connectivity index (χ0v) is 14.5. The predicted molar refractivity (Wildman–Crippen MR) is 95.9 cm³/mol. The average Bonchev–Trinajstić information content (AvgIpc) is 3.04. The molecule has 1 amide bonds. The maximum atomic E-state index is 12.6. The van der Waals surface area contributed by atoms with Crippen LogP contribution in [0, 0.1) is 5.92 Å². The maximum absolute atomic E-state index is 12.6. The van der Waals surface area contributed by atoms with Gasteiger partial charge in [-0.05, 0) is 37.8 Å². The number of esters is 1. The summed E-state index contributed by atoms with van der Waals surface area (Å²) in [6.07, 6.45) is 3.71. The minimum absolute atomic E-state index is 0.0485. The molecule has 1 saturated heterocycles. The molecule has 2 aromatic rings. The zero-order chi connectivity index (χ0) is 17.8. The molecule has 2 heterocycles. The number of ether oxygens (including phenoxy) is 1. The van der Waals surface area contributed by atoms with E-state index in [4.69, 9.17) is 10.5 Å². The molecule has 3 rings (SSSR count). The van der Waals surface area contributed by atoms with E-state index in [0.29, 0.717) is 39.0 Å². The van der Waals surface area contributed by atoms with Gasteiger partial charge in [-0.2, -0.15) is 0 Å². The Morgan fingerprint density at radius 3 is 2.76 bits per heavy atom. The van der Waals surface area contributed by atoms with Gasteiger partial charge in [0.05, 0.1) is 18.6 Å². The van der Waals surface area contributed by atoms with Crippen LogP contribution in [0.5, 0.6) is 0 Å². The van der Waals surface area contributed by atoms with E-state index in [-0.39, 0.29) is 17.8 Å². The summed E-state index contributed by atoms with van der Waals surface area (Å²) in [5, 5.41) is 1.10. The molecule has 0 bridgehead atoms. The topological polar surface area (TPSA) is 88.4 Å². The van der Waals surface area contributed by atoms with Crippen LogP contribution < -0.4 is 5.73 Å². The number of aromatic nitrogens is 1. The molecule has 1 aromatic carbocycles. The van der Waals surface area contributed by atoms with Gasteiger partial charge in [-0.15, -0.1) is 0 Å². The number of carbonyl (C=O) groups is 2. The molecule has 6 nitrogen and oxygen atoms in total. The lowest BCUT2D eigenvalue weighted by Gasteiger charge is -2.32. The number of piperidine rings is 1. The van der Waals surface area contributed by atoms with Crippen molar-refractivity contribution < 1.29 is 14.3 Å². The first kappa shape index (κ1) is 17.5. The van der Waals surface area contributed by atoms with Crippen molar-refractivity contribution in [3.63, 3.8) is 0 Å². The first-order chi connectivity index (χ1) is 12.1. The van der Waals surface area contributed by atoms with Crippen molar-refractivity contribution in [3.8, 4) is 0 Å². The van der Waals surface area contributed by atoms with Gasteiger partial charge in [0.25, 0.3) is 0 Å². The number of likely N-dealkylation sites (tertiary alicyclic amines) is 1. The number of para-hydroxylation sites is 1.